The second-order valence-corrected chi connectivity index (χ2v) is 8.43. The molecule has 0 spiro atoms. The second kappa shape index (κ2) is 10.2. The summed E-state index contributed by atoms with van der Waals surface area (Å²) in [7, 11) is 4.72. The smallest absolute Gasteiger partial charge is 0.409 e. The molecule has 35 heavy (non-hydrogen) atoms. The van der Waals surface area contributed by atoms with Crippen molar-refractivity contribution in [3.8, 4) is 11.5 Å². The fourth-order valence-corrected chi connectivity index (χ4v) is 4.80. The molecular weight excluding hydrogens is 452 g/mol. The number of fused-ring (bicyclic) bond motifs is 1. The van der Waals surface area contributed by atoms with Gasteiger partial charge in [-0.2, -0.15) is 0 Å². The number of likely N-dealkylation sites (N-methyl/N-ethyl adjacent to an activating group) is 1. The van der Waals surface area contributed by atoms with Crippen LogP contribution in [0.3, 0.4) is 0 Å². The lowest BCUT2D eigenvalue weighted by Gasteiger charge is -2.43. The van der Waals surface area contributed by atoms with Crippen LogP contribution in [0.15, 0.2) is 36.7 Å². The zero-order valence-corrected chi connectivity index (χ0v) is 20.4. The van der Waals surface area contributed by atoms with Crippen molar-refractivity contribution in [3.05, 3.63) is 53.3 Å². The molecule has 0 aliphatic carbocycles. The third kappa shape index (κ3) is 4.48. The van der Waals surface area contributed by atoms with E-state index in [0.717, 1.165) is 5.56 Å². The molecule has 0 saturated carbocycles. The Hall–Kier alpha value is -3.82. The minimum atomic E-state index is -0.689. The maximum absolute atomic E-state index is 14.1. The quantitative estimate of drug-likeness (QED) is 0.645. The Balaban J connectivity index is 1.74. The first-order valence-corrected chi connectivity index (χ1v) is 11.5. The number of hydrogen-bond donors (Lipinski definition) is 0. The van der Waals surface area contributed by atoms with E-state index in [1.165, 1.54) is 14.2 Å². The molecule has 0 unspecified atom stereocenters. The average Bonchev–Trinajstić information content (AvgIpc) is 2.90. The van der Waals surface area contributed by atoms with E-state index >= 15 is 0 Å². The SMILES string of the molecule is CCOC(=O)N1CCN(C(=O)[C@H]2c3cc(OC)c(OC)cc3C(=O)N(C)[C@@H]2c2cccnc2)CC1. The number of aromatic nitrogens is 1. The summed E-state index contributed by atoms with van der Waals surface area (Å²) in [6.45, 7) is 3.56. The second-order valence-electron chi connectivity index (χ2n) is 8.43. The number of carbonyl (C=O) groups excluding carboxylic acids is 3. The third-order valence-corrected chi connectivity index (χ3v) is 6.58. The molecule has 186 valence electrons. The van der Waals surface area contributed by atoms with Crippen LogP contribution in [-0.4, -0.2) is 91.6 Å². The Morgan fingerprint density at radius 1 is 1.06 bits per heavy atom. The van der Waals surface area contributed by atoms with E-state index in [9.17, 15) is 14.4 Å². The van der Waals surface area contributed by atoms with Gasteiger partial charge in [-0.15, -0.1) is 0 Å². The average molecular weight is 483 g/mol. The molecule has 0 radical (unpaired) electrons. The normalized spacial score (nSPS) is 19.8. The van der Waals surface area contributed by atoms with Gasteiger partial charge in [-0.25, -0.2) is 4.79 Å². The molecule has 0 bridgehead atoms. The van der Waals surface area contributed by atoms with Crippen molar-refractivity contribution in [2.75, 3.05) is 54.1 Å². The van der Waals surface area contributed by atoms with Gasteiger partial charge in [-0.1, -0.05) is 6.07 Å². The summed E-state index contributed by atoms with van der Waals surface area (Å²) in [4.78, 5) is 48.8. The predicted molar refractivity (Wildman–Crippen MR) is 127 cm³/mol. The highest BCUT2D eigenvalue weighted by Crippen LogP contribution is 2.46. The van der Waals surface area contributed by atoms with Crippen molar-refractivity contribution < 1.29 is 28.6 Å². The Morgan fingerprint density at radius 2 is 1.71 bits per heavy atom. The molecule has 3 amide bonds. The van der Waals surface area contributed by atoms with Crippen LogP contribution in [0.2, 0.25) is 0 Å². The number of methoxy groups -OCH3 is 2. The number of ether oxygens (including phenoxy) is 3. The Morgan fingerprint density at radius 3 is 2.31 bits per heavy atom. The highest BCUT2D eigenvalue weighted by Gasteiger charge is 2.45. The highest BCUT2D eigenvalue weighted by atomic mass is 16.6. The van der Waals surface area contributed by atoms with Crippen molar-refractivity contribution in [3.63, 3.8) is 0 Å². The van der Waals surface area contributed by atoms with Gasteiger partial charge in [-0.05, 0) is 36.2 Å². The summed E-state index contributed by atoms with van der Waals surface area (Å²) in [6, 6.07) is 6.45. The number of carbonyl (C=O) groups is 3. The molecule has 2 aromatic rings. The molecule has 2 aliphatic heterocycles. The van der Waals surface area contributed by atoms with Crippen molar-refractivity contribution in [1.29, 1.82) is 0 Å². The zero-order valence-electron chi connectivity index (χ0n) is 20.4. The first kappa shape index (κ1) is 24.3. The lowest BCUT2D eigenvalue weighted by atomic mass is 9.79. The number of pyridine rings is 1. The van der Waals surface area contributed by atoms with Crippen LogP contribution in [0, 0.1) is 0 Å². The van der Waals surface area contributed by atoms with E-state index in [4.69, 9.17) is 14.2 Å². The molecule has 1 aromatic carbocycles. The molecule has 10 heteroatoms. The van der Waals surface area contributed by atoms with Gasteiger partial charge in [0.15, 0.2) is 11.5 Å². The molecule has 0 N–H and O–H groups in total. The van der Waals surface area contributed by atoms with Gasteiger partial charge in [0.05, 0.1) is 32.8 Å². The number of amides is 3. The summed E-state index contributed by atoms with van der Waals surface area (Å²) in [5.74, 6) is -0.174. The Bertz CT molecular complexity index is 1100. The Labute approximate surface area is 204 Å². The van der Waals surface area contributed by atoms with E-state index in [-0.39, 0.29) is 17.9 Å². The van der Waals surface area contributed by atoms with Crippen LogP contribution < -0.4 is 9.47 Å². The van der Waals surface area contributed by atoms with E-state index in [0.29, 0.717) is 55.4 Å². The maximum atomic E-state index is 14.1. The van der Waals surface area contributed by atoms with Crippen LogP contribution in [0.5, 0.6) is 11.5 Å². The van der Waals surface area contributed by atoms with E-state index in [1.807, 2.05) is 6.07 Å². The van der Waals surface area contributed by atoms with Crippen molar-refractivity contribution in [1.82, 2.24) is 19.7 Å². The summed E-state index contributed by atoms with van der Waals surface area (Å²) in [6.07, 6.45) is 2.96. The monoisotopic (exact) mass is 482 g/mol. The first-order valence-electron chi connectivity index (χ1n) is 11.5. The lowest BCUT2D eigenvalue weighted by molar-refractivity contribution is -0.136. The molecule has 3 heterocycles. The van der Waals surface area contributed by atoms with E-state index < -0.39 is 12.0 Å². The zero-order chi connectivity index (χ0) is 25.1. The molecule has 1 saturated heterocycles. The third-order valence-electron chi connectivity index (χ3n) is 6.58. The van der Waals surface area contributed by atoms with Gasteiger partial charge >= 0.3 is 6.09 Å². The lowest BCUT2D eigenvalue weighted by Crippen LogP contribution is -2.54. The van der Waals surface area contributed by atoms with E-state index in [2.05, 4.69) is 4.98 Å². The van der Waals surface area contributed by atoms with Gasteiger partial charge in [0.25, 0.3) is 5.91 Å². The van der Waals surface area contributed by atoms with Crippen LogP contribution in [0.25, 0.3) is 0 Å². The van der Waals surface area contributed by atoms with E-state index in [1.54, 1.807) is 59.3 Å². The minimum absolute atomic E-state index is 0.129. The largest absolute Gasteiger partial charge is 0.493 e. The van der Waals surface area contributed by atoms with Crippen LogP contribution in [0.4, 0.5) is 4.79 Å². The highest BCUT2D eigenvalue weighted by molar-refractivity contribution is 6.02. The molecule has 2 aliphatic rings. The topological polar surface area (TPSA) is 102 Å². The molecule has 10 nitrogen and oxygen atoms in total. The van der Waals surface area contributed by atoms with Gasteiger partial charge in [0.1, 0.15) is 0 Å². The molecule has 1 fully saturated rings. The fourth-order valence-electron chi connectivity index (χ4n) is 4.80. The Kier molecular flexibility index (Phi) is 7.09. The summed E-state index contributed by atoms with van der Waals surface area (Å²) in [5.41, 5.74) is 1.73. The van der Waals surface area contributed by atoms with Crippen molar-refractivity contribution in [2.24, 2.45) is 0 Å². The van der Waals surface area contributed by atoms with Gasteiger partial charge in [-0.3, -0.25) is 14.6 Å². The molecule has 2 atom stereocenters. The summed E-state index contributed by atoms with van der Waals surface area (Å²) < 4.78 is 16.0. The molecule has 4 rings (SSSR count). The van der Waals surface area contributed by atoms with Crippen LogP contribution >= 0.6 is 0 Å². The van der Waals surface area contributed by atoms with Crippen LogP contribution in [-0.2, 0) is 9.53 Å². The predicted octanol–water partition coefficient (Wildman–Crippen LogP) is 2.31. The number of nitrogens with zero attached hydrogens (tertiary/aromatic N) is 4. The van der Waals surface area contributed by atoms with Crippen LogP contribution in [0.1, 0.15) is 40.4 Å². The van der Waals surface area contributed by atoms with Crippen molar-refractivity contribution in [2.45, 2.75) is 18.9 Å². The van der Waals surface area contributed by atoms with Gasteiger partial charge in [0.2, 0.25) is 5.91 Å². The first-order chi connectivity index (χ1) is 16.9. The number of rotatable bonds is 5. The maximum Gasteiger partial charge on any atom is 0.409 e. The number of piperazine rings is 1. The number of hydrogen-bond acceptors (Lipinski definition) is 7. The standard InChI is InChI=1S/C25H30N4O6/c1-5-35-25(32)29-11-9-28(10-12-29)24(31)21-17-13-19(33-3)20(34-4)14-18(17)23(30)27(2)22(21)16-7-6-8-26-15-16/h6-8,13-15,21-22H,5,9-12H2,1-4H3/t21-,22+/m0/s1. The number of benzene rings is 1. The molecular formula is C25H30N4O6. The van der Waals surface area contributed by atoms with Crippen molar-refractivity contribution >= 4 is 17.9 Å². The summed E-state index contributed by atoms with van der Waals surface area (Å²) in [5, 5.41) is 0. The minimum Gasteiger partial charge on any atom is -0.493 e. The van der Waals surface area contributed by atoms with Gasteiger partial charge in [0, 0.05) is 51.2 Å². The fraction of sp³-hybridized carbons (Fsp3) is 0.440. The molecule has 1 aromatic heterocycles. The summed E-state index contributed by atoms with van der Waals surface area (Å²) >= 11 is 0. The van der Waals surface area contributed by atoms with Gasteiger partial charge < -0.3 is 28.9 Å².